The molecule has 1 atom stereocenters. The van der Waals surface area contributed by atoms with E-state index in [-0.39, 0.29) is 23.9 Å². The van der Waals surface area contributed by atoms with Crippen LogP contribution in [0, 0.1) is 6.92 Å². The number of anilines is 1. The number of nitrogens with two attached hydrogens (primary N) is 1. The minimum absolute atomic E-state index is 0.0556. The van der Waals surface area contributed by atoms with Crippen LogP contribution in [0.25, 0.3) is 10.8 Å². The molecule has 0 saturated carbocycles. The highest BCUT2D eigenvalue weighted by Crippen LogP contribution is 2.23. The number of aromatic nitrogens is 3. The SMILES string of the molecule is Cc1nnc2n1N=C(CC(=O)c1cccc3ccccc13)[C@@H](O)N2N. The lowest BCUT2D eigenvalue weighted by Gasteiger charge is -2.28. The lowest BCUT2D eigenvalue weighted by Crippen LogP contribution is -2.50. The van der Waals surface area contributed by atoms with Crippen molar-refractivity contribution in [2.45, 2.75) is 19.6 Å². The summed E-state index contributed by atoms with van der Waals surface area (Å²) in [5.74, 6) is 6.47. The smallest absolute Gasteiger partial charge is 0.265 e. The summed E-state index contributed by atoms with van der Waals surface area (Å²) in [5, 5.41) is 25.3. The Bertz CT molecular complexity index is 1000. The predicted molar refractivity (Wildman–Crippen MR) is 93.2 cm³/mol. The predicted octanol–water partition coefficient (Wildman–Crippen LogP) is 1.23. The normalized spacial score (nSPS) is 16.7. The molecule has 0 bridgehead atoms. The monoisotopic (exact) mass is 336 g/mol. The van der Waals surface area contributed by atoms with Gasteiger partial charge in [-0.2, -0.15) is 9.78 Å². The summed E-state index contributed by atoms with van der Waals surface area (Å²) in [6.07, 6.45) is -1.28. The molecule has 0 spiro atoms. The first kappa shape index (κ1) is 15.4. The van der Waals surface area contributed by atoms with Gasteiger partial charge in [-0.15, -0.1) is 10.2 Å². The van der Waals surface area contributed by atoms with E-state index in [1.807, 2.05) is 36.4 Å². The second kappa shape index (κ2) is 5.76. The van der Waals surface area contributed by atoms with Gasteiger partial charge in [0.1, 0.15) is 0 Å². The Labute approximate surface area is 143 Å². The van der Waals surface area contributed by atoms with Crippen molar-refractivity contribution < 1.29 is 9.90 Å². The standard InChI is InChI=1S/C17H16N6O2/c1-10-19-20-17-22(18)16(25)14(21-23(10)17)9-15(24)13-8-4-6-11-5-2-3-7-12(11)13/h2-8,16,25H,9,18H2,1H3/t16-/m1/s1. The number of aryl methyl sites for hydroxylation is 1. The molecule has 0 amide bonds. The molecule has 4 rings (SSSR count). The fourth-order valence-corrected chi connectivity index (χ4v) is 2.93. The number of nitrogens with zero attached hydrogens (tertiary/aromatic N) is 5. The van der Waals surface area contributed by atoms with Crippen LogP contribution in [0.3, 0.4) is 0 Å². The number of carbonyl (C=O) groups is 1. The summed E-state index contributed by atoms with van der Waals surface area (Å²) in [6.45, 7) is 1.72. The van der Waals surface area contributed by atoms with Crippen LogP contribution in [0.2, 0.25) is 0 Å². The third-order valence-corrected chi connectivity index (χ3v) is 4.23. The van der Waals surface area contributed by atoms with Gasteiger partial charge < -0.3 is 5.11 Å². The van der Waals surface area contributed by atoms with Gasteiger partial charge in [-0.3, -0.25) is 4.79 Å². The average Bonchev–Trinajstić information content (AvgIpc) is 3.00. The fraction of sp³-hybridized carbons (Fsp3) is 0.176. The van der Waals surface area contributed by atoms with Gasteiger partial charge in [0.2, 0.25) is 0 Å². The number of benzene rings is 2. The Morgan fingerprint density at radius 2 is 1.96 bits per heavy atom. The first-order valence-corrected chi connectivity index (χ1v) is 7.79. The summed E-state index contributed by atoms with van der Waals surface area (Å²) < 4.78 is 1.42. The zero-order valence-corrected chi connectivity index (χ0v) is 13.5. The van der Waals surface area contributed by atoms with Crippen molar-refractivity contribution in [2.24, 2.45) is 10.9 Å². The van der Waals surface area contributed by atoms with Gasteiger partial charge in [-0.25, -0.2) is 10.9 Å². The second-order valence-corrected chi connectivity index (χ2v) is 5.86. The number of aliphatic hydroxyl groups excluding tert-OH is 1. The molecule has 2 heterocycles. The lowest BCUT2D eigenvalue weighted by atomic mass is 9.98. The van der Waals surface area contributed by atoms with E-state index in [1.54, 1.807) is 13.0 Å². The van der Waals surface area contributed by atoms with E-state index >= 15 is 0 Å². The number of aliphatic hydroxyl groups is 1. The molecule has 0 unspecified atom stereocenters. The van der Waals surface area contributed by atoms with Crippen molar-refractivity contribution in [3.63, 3.8) is 0 Å². The Kier molecular flexibility index (Phi) is 3.56. The van der Waals surface area contributed by atoms with Crippen molar-refractivity contribution >= 4 is 28.2 Å². The van der Waals surface area contributed by atoms with E-state index in [2.05, 4.69) is 15.3 Å². The van der Waals surface area contributed by atoms with Crippen LogP contribution in [-0.4, -0.2) is 37.7 Å². The van der Waals surface area contributed by atoms with Crippen molar-refractivity contribution in [3.8, 4) is 0 Å². The summed E-state index contributed by atoms with van der Waals surface area (Å²) in [5.41, 5.74) is 0.832. The van der Waals surface area contributed by atoms with Gasteiger partial charge in [-0.1, -0.05) is 42.5 Å². The minimum Gasteiger partial charge on any atom is -0.367 e. The van der Waals surface area contributed by atoms with Gasteiger partial charge in [0.25, 0.3) is 5.95 Å². The molecule has 0 saturated heterocycles. The maximum absolute atomic E-state index is 12.8. The summed E-state index contributed by atoms with van der Waals surface area (Å²) in [6, 6.07) is 13.2. The zero-order valence-electron chi connectivity index (χ0n) is 13.5. The van der Waals surface area contributed by atoms with Gasteiger partial charge in [-0.05, 0) is 17.7 Å². The second-order valence-electron chi connectivity index (χ2n) is 5.86. The van der Waals surface area contributed by atoms with Crippen LogP contribution in [0.15, 0.2) is 47.6 Å². The summed E-state index contributed by atoms with van der Waals surface area (Å²) in [4.78, 5) is 12.8. The molecule has 3 N–H and O–H groups in total. The first-order valence-electron chi connectivity index (χ1n) is 7.79. The molecule has 0 radical (unpaired) electrons. The fourth-order valence-electron chi connectivity index (χ4n) is 2.93. The molecule has 3 aromatic rings. The number of hydrazine groups is 1. The van der Waals surface area contributed by atoms with E-state index in [0.29, 0.717) is 11.4 Å². The number of hydrogen-bond acceptors (Lipinski definition) is 7. The van der Waals surface area contributed by atoms with E-state index in [9.17, 15) is 9.90 Å². The molecule has 126 valence electrons. The molecular weight excluding hydrogens is 320 g/mol. The molecule has 2 aromatic carbocycles. The first-order chi connectivity index (χ1) is 12.1. The highest BCUT2D eigenvalue weighted by Gasteiger charge is 2.31. The van der Waals surface area contributed by atoms with Crippen LogP contribution in [0.5, 0.6) is 0 Å². The number of carbonyl (C=O) groups excluding carboxylic acids is 1. The zero-order chi connectivity index (χ0) is 17.6. The summed E-state index contributed by atoms with van der Waals surface area (Å²) in [7, 11) is 0. The third-order valence-electron chi connectivity index (χ3n) is 4.23. The van der Waals surface area contributed by atoms with Crippen molar-refractivity contribution in [2.75, 3.05) is 5.01 Å². The highest BCUT2D eigenvalue weighted by molar-refractivity contribution is 6.16. The average molecular weight is 336 g/mol. The van der Waals surface area contributed by atoms with Crippen molar-refractivity contribution in [1.82, 2.24) is 14.9 Å². The maximum atomic E-state index is 12.8. The van der Waals surface area contributed by atoms with Crippen LogP contribution in [0.1, 0.15) is 22.6 Å². The molecule has 0 fully saturated rings. The molecular formula is C17H16N6O2. The van der Waals surface area contributed by atoms with E-state index in [4.69, 9.17) is 5.84 Å². The molecule has 25 heavy (non-hydrogen) atoms. The van der Waals surface area contributed by atoms with Crippen LogP contribution in [-0.2, 0) is 0 Å². The largest absolute Gasteiger partial charge is 0.367 e. The van der Waals surface area contributed by atoms with Crippen molar-refractivity contribution in [3.05, 3.63) is 53.9 Å². The number of rotatable bonds is 3. The molecule has 1 aromatic heterocycles. The van der Waals surface area contributed by atoms with Gasteiger partial charge >= 0.3 is 0 Å². The van der Waals surface area contributed by atoms with Gasteiger partial charge in [0.05, 0.1) is 12.1 Å². The Morgan fingerprint density at radius 3 is 2.80 bits per heavy atom. The Morgan fingerprint density at radius 1 is 1.20 bits per heavy atom. The minimum atomic E-state index is -1.23. The highest BCUT2D eigenvalue weighted by atomic mass is 16.3. The van der Waals surface area contributed by atoms with Gasteiger partial charge in [0, 0.05) is 5.56 Å². The van der Waals surface area contributed by atoms with Crippen LogP contribution in [0.4, 0.5) is 5.95 Å². The topological polar surface area (TPSA) is 110 Å². The van der Waals surface area contributed by atoms with E-state index in [1.165, 1.54) is 4.68 Å². The number of hydrogen-bond donors (Lipinski definition) is 2. The summed E-state index contributed by atoms with van der Waals surface area (Å²) >= 11 is 0. The molecule has 1 aliphatic rings. The van der Waals surface area contributed by atoms with E-state index in [0.717, 1.165) is 15.8 Å². The molecule has 1 aliphatic heterocycles. The van der Waals surface area contributed by atoms with Crippen LogP contribution < -0.4 is 10.9 Å². The van der Waals surface area contributed by atoms with Gasteiger partial charge in [0.15, 0.2) is 17.8 Å². The van der Waals surface area contributed by atoms with Crippen LogP contribution >= 0.6 is 0 Å². The molecule has 0 aliphatic carbocycles. The van der Waals surface area contributed by atoms with Crippen molar-refractivity contribution in [1.29, 1.82) is 0 Å². The number of fused-ring (bicyclic) bond motifs is 2. The quantitative estimate of drug-likeness (QED) is 0.550. The number of ketones is 1. The van der Waals surface area contributed by atoms with E-state index < -0.39 is 6.23 Å². The molecule has 8 heteroatoms. The maximum Gasteiger partial charge on any atom is 0.265 e. The molecule has 8 nitrogen and oxygen atoms in total. The Balaban J connectivity index is 1.71. The Hall–Kier alpha value is -3.10. The number of Topliss-reactive ketones (excluding diaryl/α,β-unsaturated/α-hetero) is 1. The third kappa shape index (κ3) is 2.48. The lowest BCUT2D eigenvalue weighted by molar-refractivity contribution is 0.0996.